The van der Waals surface area contributed by atoms with Crippen LogP contribution < -0.4 is 0 Å². The molecule has 0 aromatic carbocycles. The molecule has 0 aliphatic carbocycles. The second-order valence-corrected chi connectivity index (χ2v) is 7.07. The molecule has 0 bridgehead atoms. The summed E-state index contributed by atoms with van der Waals surface area (Å²) in [4.78, 5) is 0. The highest BCUT2D eigenvalue weighted by Gasteiger charge is 2.29. The number of rotatable bonds is 3. The van der Waals surface area contributed by atoms with Gasteiger partial charge in [0.05, 0.1) is 0 Å². The molecular formula is C10H15NO3S2. The van der Waals surface area contributed by atoms with Gasteiger partial charge in [-0.25, -0.2) is 8.42 Å². The van der Waals surface area contributed by atoms with Crippen molar-refractivity contribution in [3.05, 3.63) is 17.5 Å². The van der Waals surface area contributed by atoms with Gasteiger partial charge in [-0.3, -0.25) is 0 Å². The molecule has 2 rings (SSSR count). The molecule has 0 unspecified atom stereocenters. The third-order valence-corrected chi connectivity index (χ3v) is 6.19. The first kappa shape index (κ1) is 12.0. The summed E-state index contributed by atoms with van der Waals surface area (Å²) in [5.41, 5.74) is 0. The van der Waals surface area contributed by atoms with Crippen LogP contribution >= 0.6 is 11.3 Å². The minimum absolute atomic E-state index is 0.160. The zero-order valence-corrected chi connectivity index (χ0v) is 10.5. The lowest BCUT2D eigenvalue weighted by Gasteiger charge is -2.29. The zero-order chi connectivity index (χ0) is 11.6. The third kappa shape index (κ3) is 2.29. The van der Waals surface area contributed by atoms with Gasteiger partial charge in [0.1, 0.15) is 4.21 Å². The minimum Gasteiger partial charge on any atom is -0.396 e. The second kappa shape index (κ2) is 4.83. The first-order chi connectivity index (χ1) is 7.64. The Morgan fingerprint density at radius 2 is 2.12 bits per heavy atom. The molecule has 0 spiro atoms. The van der Waals surface area contributed by atoms with Crippen LogP contribution in [0.2, 0.25) is 0 Å². The molecule has 1 aromatic heterocycles. The highest BCUT2D eigenvalue weighted by molar-refractivity contribution is 7.91. The summed E-state index contributed by atoms with van der Waals surface area (Å²) in [5.74, 6) is 0.259. The number of hydrogen-bond donors (Lipinski definition) is 1. The van der Waals surface area contributed by atoms with Crippen LogP contribution in [0.15, 0.2) is 21.7 Å². The summed E-state index contributed by atoms with van der Waals surface area (Å²) < 4.78 is 26.2. The molecule has 1 aromatic rings. The summed E-state index contributed by atoms with van der Waals surface area (Å²) in [7, 11) is -3.28. The van der Waals surface area contributed by atoms with E-state index in [2.05, 4.69) is 0 Å². The van der Waals surface area contributed by atoms with Crippen molar-refractivity contribution >= 4 is 21.4 Å². The van der Waals surface area contributed by atoms with Crippen LogP contribution in [-0.4, -0.2) is 37.5 Å². The Bertz CT molecular complexity index is 419. The average molecular weight is 261 g/mol. The molecule has 1 fully saturated rings. The van der Waals surface area contributed by atoms with Gasteiger partial charge >= 0.3 is 0 Å². The van der Waals surface area contributed by atoms with E-state index < -0.39 is 10.0 Å². The number of hydrogen-bond acceptors (Lipinski definition) is 4. The van der Waals surface area contributed by atoms with Crippen molar-refractivity contribution in [3.8, 4) is 0 Å². The lowest BCUT2D eigenvalue weighted by Crippen LogP contribution is -2.38. The minimum atomic E-state index is -3.28. The summed E-state index contributed by atoms with van der Waals surface area (Å²) in [6, 6.07) is 3.39. The Hall–Kier alpha value is -0.430. The molecule has 0 atom stereocenters. The molecular weight excluding hydrogens is 246 g/mol. The highest BCUT2D eigenvalue weighted by atomic mass is 32.2. The van der Waals surface area contributed by atoms with Gasteiger partial charge in [-0.2, -0.15) is 4.31 Å². The van der Waals surface area contributed by atoms with Crippen molar-refractivity contribution in [2.24, 2.45) is 5.92 Å². The van der Waals surface area contributed by atoms with Crippen LogP contribution in [0.1, 0.15) is 12.8 Å². The SMILES string of the molecule is O=S(=O)(c1cccs1)N1CCC(CO)CC1. The monoisotopic (exact) mass is 261 g/mol. The predicted molar refractivity (Wildman–Crippen MR) is 62.9 cm³/mol. The van der Waals surface area contributed by atoms with E-state index in [1.165, 1.54) is 15.6 Å². The smallest absolute Gasteiger partial charge is 0.252 e. The van der Waals surface area contributed by atoms with E-state index in [1.54, 1.807) is 17.5 Å². The molecule has 90 valence electrons. The first-order valence-corrected chi connectivity index (χ1v) is 7.61. The molecule has 0 saturated carbocycles. The second-order valence-electron chi connectivity index (χ2n) is 3.96. The summed E-state index contributed by atoms with van der Waals surface area (Å²) in [5, 5.41) is 10.8. The fourth-order valence-electron chi connectivity index (χ4n) is 1.87. The first-order valence-electron chi connectivity index (χ1n) is 5.29. The topological polar surface area (TPSA) is 57.6 Å². The lowest BCUT2D eigenvalue weighted by molar-refractivity contribution is 0.170. The van der Waals surface area contributed by atoms with Crippen LogP contribution in [0.3, 0.4) is 0 Å². The number of aliphatic hydroxyl groups excluding tert-OH is 1. The van der Waals surface area contributed by atoms with Crippen LogP contribution in [0, 0.1) is 5.92 Å². The standard InChI is InChI=1S/C10H15NO3S2/c12-8-9-3-5-11(6-4-9)16(13,14)10-2-1-7-15-10/h1-2,7,9,12H,3-6,8H2. The van der Waals surface area contributed by atoms with Crippen molar-refractivity contribution in [3.63, 3.8) is 0 Å². The van der Waals surface area contributed by atoms with Gasteiger partial charge in [0, 0.05) is 19.7 Å². The third-order valence-electron chi connectivity index (χ3n) is 2.92. The van der Waals surface area contributed by atoms with E-state index in [1.807, 2.05) is 0 Å². The van der Waals surface area contributed by atoms with Crippen LogP contribution in [0.5, 0.6) is 0 Å². The van der Waals surface area contributed by atoms with E-state index in [9.17, 15) is 8.42 Å². The molecule has 1 aliphatic rings. The largest absolute Gasteiger partial charge is 0.396 e. The Kier molecular flexibility index (Phi) is 3.63. The van der Waals surface area contributed by atoms with Gasteiger partial charge in [-0.05, 0) is 30.2 Å². The molecule has 4 nitrogen and oxygen atoms in total. The molecule has 0 radical (unpaired) electrons. The maximum Gasteiger partial charge on any atom is 0.252 e. The van der Waals surface area contributed by atoms with Gasteiger partial charge in [-0.1, -0.05) is 6.07 Å². The predicted octanol–water partition coefficient (Wildman–Crippen LogP) is 1.14. The maximum absolute atomic E-state index is 12.1. The van der Waals surface area contributed by atoms with Gasteiger partial charge in [0.15, 0.2) is 0 Å². The molecule has 16 heavy (non-hydrogen) atoms. The number of thiophene rings is 1. The Morgan fingerprint density at radius 1 is 1.44 bits per heavy atom. The van der Waals surface area contributed by atoms with E-state index in [0.717, 1.165) is 12.8 Å². The quantitative estimate of drug-likeness (QED) is 0.887. The normalized spacial score (nSPS) is 20.1. The van der Waals surface area contributed by atoms with E-state index >= 15 is 0 Å². The van der Waals surface area contributed by atoms with Crippen LogP contribution in [0.25, 0.3) is 0 Å². The fourth-order valence-corrected chi connectivity index (χ4v) is 4.48. The number of aliphatic hydroxyl groups is 1. The summed E-state index contributed by atoms with van der Waals surface area (Å²) in [6.45, 7) is 1.20. The van der Waals surface area contributed by atoms with Gasteiger partial charge in [0.2, 0.25) is 0 Å². The van der Waals surface area contributed by atoms with E-state index in [0.29, 0.717) is 17.3 Å². The highest BCUT2D eigenvalue weighted by Crippen LogP contribution is 2.25. The number of sulfonamides is 1. The fraction of sp³-hybridized carbons (Fsp3) is 0.600. The van der Waals surface area contributed by atoms with Crippen molar-refractivity contribution in [2.75, 3.05) is 19.7 Å². The van der Waals surface area contributed by atoms with Crippen molar-refractivity contribution in [1.29, 1.82) is 0 Å². The summed E-state index contributed by atoms with van der Waals surface area (Å²) in [6.07, 6.45) is 1.50. The van der Waals surface area contributed by atoms with E-state index in [-0.39, 0.29) is 12.5 Å². The number of nitrogens with zero attached hydrogens (tertiary/aromatic N) is 1. The zero-order valence-electron chi connectivity index (χ0n) is 8.87. The molecule has 6 heteroatoms. The Labute approximate surface area is 99.6 Å². The Morgan fingerprint density at radius 3 is 2.62 bits per heavy atom. The molecule has 2 heterocycles. The molecule has 1 N–H and O–H groups in total. The van der Waals surface area contributed by atoms with Crippen LogP contribution in [-0.2, 0) is 10.0 Å². The van der Waals surface area contributed by atoms with Gasteiger partial charge < -0.3 is 5.11 Å². The van der Waals surface area contributed by atoms with Crippen molar-refractivity contribution < 1.29 is 13.5 Å². The van der Waals surface area contributed by atoms with Gasteiger partial charge in [-0.15, -0.1) is 11.3 Å². The lowest BCUT2D eigenvalue weighted by atomic mass is 10.00. The van der Waals surface area contributed by atoms with Crippen molar-refractivity contribution in [1.82, 2.24) is 4.31 Å². The average Bonchev–Trinajstić information content (AvgIpc) is 2.83. The Balaban J connectivity index is 2.09. The molecule has 1 saturated heterocycles. The number of piperidine rings is 1. The van der Waals surface area contributed by atoms with Crippen LogP contribution in [0.4, 0.5) is 0 Å². The van der Waals surface area contributed by atoms with E-state index in [4.69, 9.17) is 5.11 Å². The summed E-state index contributed by atoms with van der Waals surface area (Å²) >= 11 is 1.25. The van der Waals surface area contributed by atoms with Gasteiger partial charge in [0.25, 0.3) is 10.0 Å². The molecule has 0 amide bonds. The van der Waals surface area contributed by atoms with Crippen molar-refractivity contribution in [2.45, 2.75) is 17.1 Å². The maximum atomic E-state index is 12.1. The molecule has 1 aliphatic heterocycles.